The zero-order valence-electron chi connectivity index (χ0n) is 8.55. The van der Waals surface area contributed by atoms with Gasteiger partial charge in [-0.2, -0.15) is 0 Å². The van der Waals surface area contributed by atoms with Gasteiger partial charge in [0.2, 0.25) is 0 Å². The zero-order valence-corrected chi connectivity index (χ0v) is 8.55. The summed E-state index contributed by atoms with van der Waals surface area (Å²) in [4.78, 5) is 4.27. The van der Waals surface area contributed by atoms with Gasteiger partial charge >= 0.3 is 0 Å². The maximum Gasteiger partial charge on any atom is 0.137 e. The summed E-state index contributed by atoms with van der Waals surface area (Å²) in [7, 11) is 0. The minimum absolute atomic E-state index is 0.199. The first-order valence-electron chi connectivity index (χ1n) is 4.87. The maximum absolute atomic E-state index is 5.52. The molecule has 5 nitrogen and oxygen atoms in total. The van der Waals surface area contributed by atoms with E-state index >= 15 is 0 Å². The molecular weight excluding hydrogens is 192 g/mol. The summed E-state index contributed by atoms with van der Waals surface area (Å²) in [5, 5.41) is 0. The number of imidazole rings is 1. The lowest BCUT2D eigenvalue weighted by Crippen LogP contribution is -2.30. The number of furan rings is 1. The second kappa shape index (κ2) is 4.29. The molecule has 15 heavy (non-hydrogen) atoms. The number of nitrogens with two attached hydrogens (primary N) is 1. The predicted molar refractivity (Wildman–Crippen MR) is 55.8 cm³/mol. The van der Waals surface area contributed by atoms with Gasteiger partial charge in [-0.15, -0.1) is 0 Å². The number of nitrogens with one attached hydrogen (secondary N) is 1. The van der Waals surface area contributed by atoms with Crippen LogP contribution < -0.4 is 11.3 Å². The van der Waals surface area contributed by atoms with Gasteiger partial charge in [0.25, 0.3) is 0 Å². The van der Waals surface area contributed by atoms with Crippen molar-refractivity contribution in [3.05, 3.63) is 42.4 Å². The maximum atomic E-state index is 5.52. The molecule has 0 fully saturated rings. The third kappa shape index (κ3) is 1.79. The Balaban J connectivity index is 2.35. The number of aromatic nitrogens is 2. The number of hydrogen-bond acceptors (Lipinski definition) is 4. The fourth-order valence-electron chi connectivity index (χ4n) is 1.59. The lowest BCUT2D eigenvalue weighted by molar-refractivity contribution is 0.432. The van der Waals surface area contributed by atoms with Crippen molar-refractivity contribution in [2.24, 2.45) is 5.84 Å². The van der Waals surface area contributed by atoms with E-state index in [1.54, 1.807) is 12.5 Å². The number of aryl methyl sites for hydroxylation is 1. The standard InChI is InChI=1S/C10H14N4O/c1-2-14-6-5-12-10(14)9(13-11)8-4-3-7-15-8/h3-7,9,13H,2,11H2,1H3. The Morgan fingerprint density at radius 1 is 1.67 bits per heavy atom. The summed E-state index contributed by atoms with van der Waals surface area (Å²) in [6.45, 7) is 2.91. The normalized spacial score (nSPS) is 12.9. The summed E-state index contributed by atoms with van der Waals surface area (Å²) in [6, 6.07) is 3.51. The predicted octanol–water partition coefficient (Wildman–Crippen LogP) is 1.05. The molecule has 0 saturated heterocycles. The Morgan fingerprint density at radius 2 is 2.53 bits per heavy atom. The molecule has 2 aromatic heterocycles. The van der Waals surface area contributed by atoms with Gasteiger partial charge in [0.05, 0.1) is 6.26 Å². The first kappa shape index (κ1) is 9.95. The van der Waals surface area contributed by atoms with Gasteiger partial charge in [0.15, 0.2) is 0 Å². The molecule has 2 heterocycles. The summed E-state index contributed by atoms with van der Waals surface area (Å²) in [5.41, 5.74) is 2.70. The molecule has 80 valence electrons. The van der Waals surface area contributed by atoms with Gasteiger partial charge < -0.3 is 8.98 Å². The van der Waals surface area contributed by atoms with Crippen LogP contribution in [-0.4, -0.2) is 9.55 Å². The number of hydrazine groups is 1. The van der Waals surface area contributed by atoms with Crippen molar-refractivity contribution < 1.29 is 4.42 Å². The highest BCUT2D eigenvalue weighted by atomic mass is 16.3. The molecule has 0 aromatic carbocycles. The molecule has 5 heteroatoms. The van der Waals surface area contributed by atoms with Gasteiger partial charge in [-0.05, 0) is 19.1 Å². The minimum Gasteiger partial charge on any atom is -0.467 e. The number of rotatable bonds is 4. The smallest absolute Gasteiger partial charge is 0.137 e. The molecule has 0 amide bonds. The van der Waals surface area contributed by atoms with E-state index in [0.29, 0.717) is 0 Å². The molecule has 0 saturated carbocycles. The first-order chi connectivity index (χ1) is 7.36. The van der Waals surface area contributed by atoms with Crippen molar-refractivity contribution in [2.75, 3.05) is 0 Å². The summed E-state index contributed by atoms with van der Waals surface area (Å²) in [6.07, 6.45) is 5.30. The fourth-order valence-corrected chi connectivity index (χ4v) is 1.59. The van der Waals surface area contributed by atoms with E-state index in [0.717, 1.165) is 18.1 Å². The summed E-state index contributed by atoms with van der Waals surface area (Å²) < 4.78 is 7.33. The molecule has 0 bridgehead atoms. The fraction of sp³-hybridized carbons (Fsp3) is 0.300. The Morgan fingerprint density at radius 3 is 3.13 bits per heavy atom. The molecular formula is C10H14N4O. The van der Waals surface area contributed by atoms with Gasteiger partial charge in [-0.1, -0.05) is 0 Å². The second-order valence-corrected chi connectivity index (χ2v) is 3.19. The Kier molecular flexibility index (Phi) is 2.84. The Bertz CT molecular complexity index is 407. The number of hydrogen-bond donors (Lipinski definition) is 2. The van der Waals surface area contributed by atoms with Crippen LogP contribution in [0, 0.1) is 0 Å². The van der Waals surface area contributed by atoms with E-state index < -0.39 is 0 Å². The highest BCUT2D eigenvalue weighted by Gasteiger charge is 2.19. The van der Waals surface area contributed by atoms with Gasteiger partial charge in [0, 0.05) is 18.9 Å². The summed E-state index contributed by atoms with van der Waals surface area (Å²) in [5.74, 6) is 7.13. The Labute approximate surface area is 87.9 Å². The van der Waals surface area contributed by atoms with Crippen LogP contribution in [0.25, 0.3) is 0 Å². The van der Waals surface area contributed by atoms with E-state index in [1.165, 1.54) is 0 Å². The average molecular weight is 206 g/mol. The van der Waals surface area contributed by atoms with Crippen LogP contribution in [0.15, 0.2) is 35.2 Å². The van der Waals surface area contributed by atoms with Crippen LogP contribution in [-0.2, 0) is 6.54 Å². The molecule has 1 atom stereocenters. The lowest BCUT2D eigenvalue weighted by atomic mass is 10.2. The molecule has 1 unspecified atom stereocenters. The largest absolute Gasteiger partial charge is 0.467 e. The monoisotopic (exact) mass is 206 g/mol. The Hall–Kier alpha value is -1.59. The van der Waals surface area contributed by atoms with Crippen LogP contribution in [0.3, 0.4) is 0 Å². The molecule has 0 aliphatic carbocycles. The molecule has 0 spiro atoms. The van der Waals surface area contributed by atoms with Crippen molar-refractivity contribution in [3.8, 4) is 0 Å². The van der Waals surface area contributed by atoms with Crippen LogP contribution in [0.1, 0.15) is 24.6 Å². The molecule has 0 aliphatic heterocycles. The zero-order chi connectivity index (χ0) is 10.7. The van der Waals surface area contributed by atoms with Crippen LogP contribution in [0.4, 0.5) is 0 Å². The van der Waals surface area contributed by atoms with Gasteiger partial charge in [-0.25, -0.2) is 10.4 Å². The molecule has 3 N–H and O–H groups in total. The highest BCUT2D eigenvalue weighted by molar-refractivity contribution is 5.15. The SMILES string of the molecule is CCn1ccnc1C(NN)c1ccco1. The molecule has 0 radical (unpaired) electrons. The third-order valence-electron chi connectivity index (χ3n) is 2.34. The molecule has 2 rings (SSSR count). The summed E-state index contributed by atoms with van der Waals surface area (Å²) >= 11 is 0. The van der Waals surface area contributed by atoms with E-state index in [1.807, 2.05) is 22.9 Å². The van der Waals surface area contributed by atoms with Gasteiger partial charge in [0.1, 0.15) is 17.6 Å². The van der Waals surface area contributed by atoms with Crippen molar-refractivity contribution >= 4 is 0 Å². The topological polar surface area (TPSA) is 69.0 Å². The third-order valence-corrected chi connectivity index (χ3v) is 2.34. The first-order valence-corrected chi connectivity index (χ1v) is 4.87. The minimum atomic E-state index is -0.199. The number of nitrogens with zero attached hydrogens (tertiary/aromatic N) is 2. The van der Waals surface area contributed by atoms with Crippen LogP contribution in [0.2, 0.25) is 0 Å². The van der Waals surface area contributed by atoms with Crippen molar-refractivity contribution in [1.29, 1.82) is 0 Å². The lowest BCUT2D eigenvalue weighted by Gasteiger charge is -2.14. The van der Waals surface area contributed by atoms with E-state index in [-0.39, 0.29) is 6.04 Å². The molecule has 2 aromatic rings. The van der Waals surface area contributed by atoms with E-state index in [2.05, 4.69) is 17.3 Å². The van der Waals surface area contributed by atoms with E-state index in [4.69, 9.17) is 10.3 Å². The van der Waals surface area contributed by atoms with Crippen molar-refractivity contribution in [3.63, 3.8) is 0 Å². The van der Waals surface area contributed by atoms with E-state index in [9.17, 15) is 0 Å². The van der Waals surface area contributed by atoms with Gasteiger partial charge in [-0.3, -0.25) is 5.84 Å². The van der Waals surface area contributed by atoms with Crippen molar-refractivity contribution in [2.45, 2.75) is 19.5 Å². The highest BCUT2D eigenvalue weighted by Crippen LogP contribution is 2.19. The van der Waals surface area contributed by atoms with Crippen LogP contribution in [0.5, 0.6) is 0 Å². The second-order valence-electron chi connectivity index (χ2n) is 3.19. The molecule has 0 aliphatic rings. The van der Waals surface area contributed by atoms with Crippen LogP contribution >= 0.6 is 0 Å². The van der Waals surface area contributed by atoms with Crippen molar-refractivity contribution in [1.82, 2.24) is 15.0 Å². The average Bonchev–Trinajstić information content (AvgIpc) is 2.89. The quantitative estimate of drug-likeness (QED) is 0.579.